The van der Waals surface area contributed by atoms with Crippen LogP contribution in [0.25, 0.3) is 0 Å². The van der Waals surface area contributed by atoms with E-state index in [1.807, 2.05) is 31.2 Å². The molecule has 9 nitrogen and oxygen atoms in total. The molecule has 1 unspecified atom stereocenters. The van der Waals surface area contributed by atoms with Gasteiger partial charge in [0.1, 0.15) is 10.6 Å². The summed E-state index contributed by atoms with van der Waals surface area (Å²) in [5.41, 5.74) is 1.37. The first-order valence-electron chi connectivity index (χ1n) is 9.27. The van der Waals surface area contributed by atoms with Crippen molar-refractivity contribution in [3.05, 3.63) is 73.7 Å². The van der Waals surface area contributed by atoms with Gasteiger partial charge in [-0.2, -0.15) is 0 Å². The first-order valence-corrected chi connectivity index (χ1v) is 10.5. The van der Waals surface area contributed by atoms with E-state index in [9.17, 15) is 19.7 Å². The highest BCUT2D eigenvalue weighted by Crippen LogP contribution is 2.34. The number of nitro benzene ring substituents is 1. The van der Waals surface area contributed by atoms with Crippen LogP contribution in [0.3, 0.4) is 0 Å². The number of nitro groups is 1. The van der Waals surface area contributed by atoms with Crippen molar-refractivity contribution in [3.8, 4) is 0 Å². The molecule has 0 aliphatic carbocycles. The van der Waals surface area contributed by atoms with E-state index in [1.54, 1.807) is 4.90 Å². The quantitative estimate of drug-likeness (QED) is 0.453. The maximum atomic E-state index is 12.5. The molecule has 3 aromatic rings. The summed E-state index contributed by atoms with van der Waals surface area (Å²) in [6.07, 6.45) is 0.291. The van der Waals surface area contributed by atoms with E-state index >= 15 is 0 Å². The Kier molecular flexibility index (Phi) is 5.66. The minimum absolute atomic E-state index is 0.00632. The summed E-state index contributed by atoms with van der Waals surface area (Å²) in [5.74, 6) is -0.843. The minimum atomic E-state index is -0.685. The van der Waals surface area contributed by atoms with Gasteiger partial charge in [-0.1, -0.05) is 35.1 Å². The Morgan fingerprint density at radius 3 is 2.84 bits per heavy atom. The number of hydrogen-bond acceptors (Lipinski definition) is 7. The second-order valence-corrected chi connectivity index (χ2v) is 8.51. The number of halogens is 1. The summed E-state index contributed by atoms with van der Waals surface area (Å²) in [4.78, 5) is 37.3. The summed E-state index contributed by atoms with van der Waals surface area (Å²) < 4.78 is 0. The molecule has 11 heteroatoms. The van der Waals surface area contributed by atoms with Crippen LogP contribution >= 0.6 is 22.9 Å². The number of amides is 2. The van der Waals surface area contributed by atoms with E-state index < -0.39 is 16.5 Å². The maximum Gasteiger partial charge on any atom is 0.283 e. The number of nitrogens with zero attached hydrogens (tertiary/aromatic N) is 4. The summed E-state index contributed by atoms with van der Waals surface area (Å²) in [6.45, 7) is 2.43. The van der Waals surface area contributed by atoms with Gasteiger partial charge in [0.05, 0.1) is 4.92 Å². The zero-order valence-corrected chi connectivity index (χ0v) is 17.8. The SMILES string of the molecule is Cc1cccc(N2CC(c3nnc(NC(=O)c4ccc(Cl)cc4[N+](=O)[O-])s3)CC2=O)c1. The van der Waals surface area contributed by atoms with E-state index in [0.717, 1.165) is 28.7 Å². The van der Waals surface area contributed by atoms with Crippen molar-refractivity contribution >= 4 is 51.3 Å². The molecule has 2 amide bonds. The van der Waals surface area contributed by atoms with Crippen LogP contribution in [0.2, 0.25) is 5.02 Å². The highest BCUT2D eigenvalue weighted by molar-refractivity contribution is 7.15. The van der Waals surface area contributed by atoms with Crippen molar-refractivity contribution in [1.82, 2.24) is 10.2 Å². The Morgan fingerprint density at radius 2 is 2.10 bits per heavy atom. The van der Waals surface area contributed by atoms with Crippen LogP contribution in [-0.2, 0) is 4.79 Å². The molecular formula is C20H16ClN5O4S. The fourth-order valence-electron chi connectivity index (χ4n) is 3.38. The average molecular weight is 458 g/mol. The van der Waals surface area contributed by atoms with Crippen molar-refractivity contribution in [3.63, 3.8) is 0 Å². The van der Waals surface area contributed by atoms with Crippen molar-refractivity contribution in [2.45, 2.75) is 19.3 Å². The summed E-state index contributed by atoms with van der Waals surface area (Å²) >= 11 is 6.93. The average Bonchev–Trinajstić information content (AvgIpc) is 3.34. The smallest absolute Gasteiger partial charge is 0.283 e. The number of rotatable bonds is 5. The highest BCUT2D eigenvalue weighted by Gasteiger charge is 2.34. The van der Waals surface area contributed by atoms with E-state index in [1.165, 1.54) is 12.1 Å². The summed E-state index contributed by atoms with van der Waals surface area (Å²) in [6, 6.07) is 11.5. The van der Waals surface area contributed by atoms with Crippen molar-refractivity contribution < 1.29 is 14.5 Å². The Labute approximate surface area is 185 Å². The molecule has 2 heterocycles. The van der Waals surface area contributed by atoms with Gasteiger partial charge in [-0.3, -0.25) is 25.0 Å². The molecule has 1 N–H and O–H groups in total. The fourth-order valence-corrected chi connectivity index (χ4v) is 4.38. The molecule has 4 rings (SSSR count). The Hall–Kier alpha value is -3.37. The first-order chi connectivity index (χ1) is 14.8. The monoisotopic (exact) mass is 457 g/mol. The van der Waals surface area contributed by atoms with E-state index in [0.29, 0.717) is 18.0 Å². The number of benzene rings is 2. The van der Waals surface area contributed by atoms with Crippen LogP contribution < -0.4 is 10.2 Å². The van der Waals surface area contributed by atoms with Crippen molar-refractivity contribution in [1.29, 1.82) is 0 Å². The number of aromatic nitrogens is 2. The second-order valence-electron chi connectivity index (χ2n) is 7.06. The van der Waals surface area contributed by atoms with Gasteiger partial charge in [-0.15, -0.1) is 10.2 Å². The van der Waals surface area contributed by atoms with Crippen LogP contribution in [0, 0.1) is 17.0 Å². The number of hydrogen-bond donors (Lipinski definition) is 1. The molecule has 1 aromatic heterocycles. The van der Waals surface area contributed by atoms with Gasteiger partial charge < -0.3 is 4.90 Å². The second kappa shape index (κ2) is 8.40. The Bertz CT molecular complexity index is 1200. The molecule has 0 bridgehead atoms. The van der Waals surface area contributed by atoms with Crippen molar-refractivity contribution in [2.24, 2.45) is 0 Å². The Morgan fingerprint density at radius 1 is 1.29 bits per heavy atom. The lowest BCUT2D eigenvalue weighted by Gasteiger charge is -2.16. The zero-order chi connectivity index (χ0) is 22.1. The van der Waals surface area contributed by atoms with Gasteiger partial charge in [0.25, 0.3) is 11.6 Å². The molecule has 0 spiro atoms. The molecule has 31 heavy (non-hydrogen) atoms. The zero-order valence-electron chi connectivity index (χ0n) is 16.2. The number of carbonyl (C=O) groups excluding carboxylic acids is 2. The van der Waals surface area contributed by atoms with E-state index in [2.05, 4.69) is 15.5 Å². The van der Waals surface area contributed by atoms with Gasteiger partial charge in [0.2, 0.25) is 11.0 Å². The lowest BCUT2D eigenvalue weighted by atomic mass is 10.1. The molecule has 2 aromatic carbocycles. The largest absolute Gasteiger partial charge is 0.312 e. The number of nitrogens with one attached hydrogen (secondary N) is 1. The molecule has 1 atom stereocenters. The van der Waals surface area contributed by atoms with Crippen LogP contribution in [-0.4, -0.2) is 33.5 Å². The molecule has 0 radical (unpaired) electrons. The van der Waals surface area contributed by atoms with Crippen LogP contribution in [0.1, 0.15) is 33.3 Å². The Balaban J connectivity index is 1.49. The van der Waals surface area contributed by atoms with Gasteiger partial charge in [-0.25, -0.2) is 0 Å². The number of aryl methyl sites for hydroxylation is 1. The highest BCUT2D eigenvalue weighted by atomic mass is 35.5. The molecule has 1 aliphatic heterocycles. The molecule has 1 aliphatic rings. The topological polar surface area (TPSA) is 118 Å². The summed E-state index contributed by atoms with van der Waals surface area (Å²) in [7, 11) is 0. The standard InChI is InChI=1S/C20H16ClN5O4S/c1-11-3-2-4-14(7-11)25-10-12(8-17(25)27)19-23-24-20(31-19)22-18(28)15-6-5-13(21)9-16(15)26(29)30/h2-7,9,12H,8,10H2,1H3,(H,22,24,28). The lowest BCUT2D eigenvalue weighted by Crippen LogP contribution is -2.24. The predicted molar refractivity (Wildman–Crippen MR) is 117 cm³/mol. The third kappa shape index (κ3) is 4.39. The van der Waals surface area contributed by atoms with E-state index in [4.69, 9.17) is 11.6 Å². The normalized spacial score (nSPS) is 15.9. The third-order valence-electron chi connectivity index (χ3n) is 4.85. The van der Waals surface area contributed by atoms with Gasteiger partial charge in [0.15, 0.2) is 0 Å². The van der Waals surface area contributed by atoms with Crippen LogP contribution in [0.4, 0.5) is 16.5 Å². The minimum Gasteiger partial charge on any atom is -0.312 e. The third-order valence-corrected chi connectivity index (χ3v) is 6.09. The van der Waals surface area contributed by atoms with Crippen molar-refractivity contribution in [2.75, 3.05) is 16.8 Å². The molecule has 158 valence electrons. The molecule has 1 saturated heterocycles. The van der Waals surface area contributed by atoms with Gasteiger partial charge >= 0.3 is 0 Å². The molecular weight excluding hydrogens is 442 g/mol. The molecule has 0 saturated carbocycles. The van der Waals surface area contributed by atoms with Crippen LogP contribution in [0.5, 0.6) is 0 Å². The summed E-state index contributed by atoms with van der Waals surface area (Å²) in [5, 5.41) is 22.8. The number of anilines is 2. The van der Waals surface area contributed by atoms with Gasteiger partial charge in [0, 0.05) is 35.7 Å². The lowest BCUT2D eigenvalue weighted by molar-refractivity contribution is -0.385. The number of carbonyl (C=O) groups is 2. The fraction of sp³-hybridized carbons (Fsp3) is 0.200. The van der Waals surface area contributed by atoms with Crippen LogP contribution in [0.15, 0.2) is 42.5 Å². The van der Waals surface area contributed by atoms with E-state index in [-0.39, 0.29) is 27.5 Å². The molecule has 1 fully saturated rings. The first kappa shape index (κ1) is 20.9. The predicted octanol–water partition coefficient (Wildman–Crippen LogP) is 4.18. The van der Waals surface area contributed by atoms with Gasteiger partial charge in [-0.05, 0) is 36.8 Å². The maximum absolute atomic E-state index is 12.5.